The van der Waals surface area contributed by atoms with E-state index in [0.29, 0.717) is 39.6 Å². The van der Waals surface area contributed by atoms with Crippen molar-refractivity contribution in [3.63, 3.8) is 0 Å². The molecule has 1 aliphatic rings. The zero-order valence-electron chi connectivity index (χ0n) is 27.4. The van der Waals surface area contributed by atoms with E-state index < -0.39 is 11.8 Å². The van der Waals surface area contributed by atoms with E-state index in [0.717, 1.165) is 44.1 Å². The molecule has 0 saturated heterocycles. The summed E-state index contributed by atoms with van der Waals surface area (Å²) in [5.41, 5.74) is 8.04. The number of para-hydroxylation sites is 1. The number of rotatable bonds is 5. The molecule has 0 bridgehead atoms. The van der Waals surface area contributed by atoms with Crippen molar-refractivity contribution in [2.75, 3.05) is 4.90 Å². The Labute approximate surface area is 297 Å². The Balaban J connectivity index is 1.30. The molecule has 0 saturated carbocycles. The number of carbonyl (C=O) groups excluding carboxylic acids is 2. The van der Waals surface area contributed by atoms with E-state index in [2.05, 4.69) is 20.9 Å². The quantitative estimate of drug-likeness (QED) is 0.134. The summed E-state index contributed by atoms with van der Waals surface area (Å²) < 4.78 is 2.02. The van der Waals surface area contributed by atoms with Gasteiger partial charge in [-0.3, -0.25) is 9.59 Å². The summed E-state index contributed by atoms with van der Waals surface area (Å²) >= 11 is 0. The van der Waals surface area contributed by atoms with E-state index in [1.165, 1.54) is 4.90 Å². The molecule has 8 heteroatoms. The number of benzene rings is 5. The lowest BCUT2D eigenvalue weighted by atomic mass is 10.0. The fraction of sp³-hybridized carbons (Fsp3) is 0. The molecule has 52 heavy (non-hydrogen) atoms. The predicted molar refractivity (Wildman–Crippen MR) is 201 cm³/mol. The van der Waals surface area contributed by atoms with Crippen LogP contribution in [0.1, 0.15) is 26.4 Å². The third-order valence-corrected chi connectivity index (χ3v) is 9.44. The Kier molecular flexibility index (Phi) is 7.03. The number of nitriles is 1. The molecule has 9 rings (SSSR count). The summed E-state index contributed by atoms with van der Waals surface area (Å²) in [5, 5.41) is 11.4. The Morgan fingerprint density at radius 2 is 1.19 bits per heavy atom. The number of imide groups is 1. The van der Waals surface area contributed by atoms with Gasteiger partial charge in [0, 0.05) is 27.5 Å². The largest absolute Gasteiger partial charge is 0.361 e. The Bertz CT molecular complexity index is 2760. The summed E-state index contributed by atoms with van der Waals surface area (Å²) in [6.45, 7) is 7.49. The lowest BCUT2D eigenvalue weighted by Crippen LogP contribution is -2.30. The van der Waals surface area contributed by atoms with Crippen molar-refractivity contribution in [3.05, 3.63) is 174 Å². The maximum absolute atomic E-state index is 14.7. The number of aromatic nitrogens is 3. The number of anilines is 1. The van der Waals surface area contributed by atoms with Crippen molar-refractivity contribution in [2.24, 2.45) is 0 Å². The molecule has 8 aromatic rings. The second-order valence-electron chi connectivity index (χ2n) is 12.3. The Morgan fingerprint density at radius 1 is 0.577 bits per heavy atom. The standard InChI is InChI=1S/C44H24N6O2/c1-46-41-19-9-16-36(48-41)29-21-23-33-32-22-20-28(35-15-7-12-30(26-45)47-35)24-39(32)49(40(33)25-29)38-18-8-14-34-42(38)44(52)50(43(34)51)37-17-6-5-13-31(37)27-10-3-2-4-11-27/h2-25H. The lowest BCUT2D eigenvalue weighted by Gasteiger charge is -2.18. The molecular formula is C44H24N6O2. The smallest absolute Gasteiger partial charge is 0.270 e. The fourth-order valence-corrected chi connectivity index (χ4v) is 7.10. The van der Waals surface area contributed by atoms with Crippen LogP contribution in [0.3, 0.4) is 0 Å². The van der Waals surface area contributed by atoms with Crippen LogP contribution < -0.4 is 4.90 Å². The van der Waals surface area contributed by atoms with Crippen LogP contribution in [0.5, 0.6) is 0 Å². The first-order valence-corrected chi connectivity index (χ1v) is 16.5. The summed E-state index contributed by atoms with van der Waals surface area (Å²) in [4.78, 5) is 42.9. The number of fused-ring (bicyclic) bond motifs is 4. The van der Waals surface area contributed by atoms with Crippen LogP contribution in [0.25, 0.3) is 66.0 Å². The maximum atomic E-state index is 14.7. The van der Waals surface area contributed by atoms with Gasteiger partial charge < -0.3 is 9.41 Å². The van der Waals surface area contributed by atoms with Gasteiger partial charge >= 0.3 is 0 Å². The zero-order chi connectivity index (χ0) is 35.3. The van der Waals surface area contributed by atoms with Crippen molar-refractivity contribution < 1.29 is 9.59 Å². The highest BCUT2D eigenvalue weighted by Gasteiger charge is 2.40. The third-order valence-electron chi connectivity index (χ3n) is 9.44. The minimum absolute atomic E-state index is 0.288. The lowest BCUT2D eigenvalue weighted by molar-refractivity contribution is 0.0926. The molecule has 0 unspecified atom stereocenters. The molecule has 4 heterocycles. The van der Waals surface area contributed by atoms with Crippen LogP contribution in [0.4, 0.5) is 11.5 Å². The molecule has 8 nitrogen and oxygen atoms in total. The van der Waals surface area contributed by atoms with Gasteiger partial charge in [0.25, 0.3) is 17.6 Å². The second kappa shape index (κ2) is 12.0. The van der Waals surface area contributed by atoms with Crippen molar-refractivity contribution in [3.8, 4) is 45.4 Å². The first-order valence-electron chi connectivity index (χ1n) is 16.5. The molecule has 242 valence electrons. The van der Waals surface area contributed by atoms with E-state index in [-0.39, 0.29) is 5.82 Å². The number of pyridine rings is 2. The molecule has 0 N–H and O–H groups in total. The molecule has 0 atom stereocenters. The van der Waals surface area contributed by atoms with Crippen LogP contribution in [-0.4, -0.2) is 26.3 Å². The number of hydrogen-bond acceptors (Lipinski definition) is 5. The van der Waals surface area contributed by atoms with Gasteiger partial charge in [0.1, 0.15) is 11.8 Å². The van der Waals surface area contributed by atoms with E-state index in [1.54, 1.807) is 42.5 Å². The monoisotopic (exact) mass is 668 g/mol. The molecule has 0 fully saturated rings. The van der Waals surface area contributed by atoms with E-state index >= 15 is 0 Å². The normalized spacial score (nSPS) is 12.2. The van der Waals surface area contributed by atoms with Gasteiger partial charge in [-0.25, -0.2) is 9.88 Å². The average molecular weight is 669 g/mol. The van der Waals surface area contributed by atoms with Crippen molar-refractivity contribution in [2.45, 2.75) is 0 Å². The third kappa shape index (κ3) is 4.75. The first-order chi connectivity index (χ1) is 25.5. The minimum atomic E-state index is -0.420. The molecule has 1 aliphatic heterocycles. The van der Waals surface area contributed by atoms with Crippen LogP contribution in [0.15, 0.2) is 146 Å². The SMILES string of the molecule is [C-]#[N+]c1cccc(-c2ccc3c4ccc(-c5cccc(C#N)n5)cc4n(-c4cccc5c4C(=O)N(c4ccccc4-c4ccccc4)C5=O)c3c2)n1. The van der Waals surface area contributed by atoms with E-state index in [1.807, 2.05) is 108 Å². The predicted octanol–water partition coefficient (Wildman–Crippen LogP) is 9.80. The molecule has 3 aromatic heterocycles. The van der Waals surface area contributed by atoms with Crippen LogP contribution in [0.2, 0.25) is 0 Å². The average Bonchev–Trinajstić information content (AvgIpc) is 3.67. The van der Waals surface area contributed by atoms with Gasteiger partial charge in [-0.05, 0) is 66.2 Å². The van der Waals surface area contributed by atoms with Gasteiger partial charge in [-0.1, -0.05) is 91.5 Å². The maximum Gasteiger partial charge on any atom is 0.270 e. The van der Waals surface area contributed by atoms with E-state index in [9.17, 15) is 14.9 Å². The van der Waals surface area contributed by atoms with Crippen molar-refractivity contribution >= 4 is 45.1 Å². The van der Waals surface area contributed by atoms with Crippen LogP contribution >= 0.6 is 0 Å². The molecule has 5 aromatic carbocycles. The first kappa shape index (κ1) is 30.4. The number of amides is 2. The summed E-state index contributed by atoms with van der Waals surface area (Å²) in [7, 11) is 0. The van der Waals surface area contributed by atoms with Gasteiger partial charge in [0.2, 0.25) is 0 Å². The van der Waals surface area contributed by atoms with Gasteiger partial charge in [-0.2, -0.15) is 5.26 Å². The van der Waals surface area contributed by atoms with Gasteiger partial charge in [0.05, 0.1) is 39.2 Å². The molecule has 0 aliphatic carbocycles. The number of hydrogen-bond donors (Lipinski definition) is 0. The van der Waals surface area contributed by atoms with Crippen LogP contribution in [-0.2, 0) is 0 Å². The topological polar surface area (TPSA) is 96.2 Å². The Hall–Kier alpha value is -7.68. The van der Waals surface area contributed by atoms with Crippen molar-refractivity contribution in [1.82, 2.24) is 14.5 Å². The number of nitrogens with zero attached hydrogens (tertiary/aromatic N) is 6. The fourth-order valence-electron chi connectivity index (χ4n) is 7.10. The molecule has 2 amide bonds. The molecule has 0 radical (unpaired) electrons. The number of carbonyl (C=O) groups is 2. The van der Waals surface area contributed by atoms with Crippen molar-refractivity contribution in [1.29, 1.82) is 5.26 Å². The zero-order valence-corrected chi connectivity index (χ0v) is 27.4. The molecule has 0 spiro atoms. The Morgan fingerprint density at radius 3 is 1.90 bits per heavy atom. The summed E-state index contributed by atoms with van der Waals surface area (Å²) in [6.07, 6.45) is 0. The second-order valence-corrected chi connectivity index (χ2v) is 12.3. The van der Waals surface area contributed by atoms with Gasteiger partial charge in [-0.15, -0.1) is 4.98 Å². The van der Waals surface area contributed by atoms with E-state index in [4.69, 9.17) is 6.57 Å². The molecular weight excluding hydrogens is 645 g/mol. The summed E-state index contributed by atoms with van der Waals surface area (Å²) in [5.74, 6) is -0.531. The minimum Gasteiger partial charge on any atom is -0.361 e. The highest BCUT2D eigenvalue weighted by molar-refractivity contribution is 6.36. The highest BCUT2D eigenvalue weighted by atomic mass is 16.2. The van der Waals surface area contributed by atoms with Gasteiger partial charge in [0.15, 0.2) is 5.69 Å². The van der Waals surface area contributed by atoms with Crippen LogP contribution in [0, 0.1) is 17.9 Å². The summed E-state index contributed by atoms with van der Waals surface area (Å²) in [6, 6.07) is 47.2. The highest BCUT2D eigenvalue weighted by Crippen LogP contribution is 2.41.